The summed E-state index contributed by atoms with van der Waals surface area (Å²) in [7, 11) is -0.300. The average Bonchev–Trinajstić information content (AvgIpc) is 2.47. The Morgan fingerprint density at radius 2 is 1.65 bits per heavy atom. The number of benzene rings is 2. The number of sulfonamides is 1. The highest BCUT2D eigenvalue weighted by Gasteiger charge is 2.20. The Morgan fingerprint density at radius 3 is 2.22 bits per heavy atom. The first-order valence-corrected chi connectivity index (χ1v) is 8.45. The van der Waals surface area contributed by atoms with Crippen molar-refractivity contribution in [1.29, 1.82) is 0 Å². The van der Waals surface area contributed by atoms with Crippen LogP contribution in [0.15, 0.2) is 53.4 Å². The first kappa shape index (κ1) is 17.5. The summed E-state index contributed by atoms with van der Waals surface area (Å²) in [5, 5.41) is 0. The van der Waals surface area contributed by atoms with Crippen molar-refractivity contribution >= 4 is 10.0 Å². The molecule has 0 amide bonds. The van der Waals surface area contributed by atoms with E-state index < -0.39 is 15.8 Å². The zero-order valence-electron chi connectivity index (χ0n) is 12.8. The molecule has 4 nitrogen and oxygen atoms in total. The van der Waals surface area contributed by atoms with E-state index in [1.807, 2.05) is 0 Å². The summed E-state index contributed by atoms with van der Waals surface area (Å²) in [6.07, 6.45) is 0. The van der Waals surface area contributed by atoms with Gasteiger partial charge in [-0.05, 0) is 50.0 Å². The fourth-order valence-electron chi connectivity index (χ4n) is 2.22. The van der Waals surface area contributed by atoms with Crippen LogP contribution in [0, 0.1) is 11.6 Å². The predicted octanol–water partition coefficient (Wildman–Crippen LogP) is 2.55. The molecule has 0 spiro atoms. The van der Waals surface area contributed by atoms with Crippen LogP contribution in [0.5, 0.6) is 0 Å². The van der Waals surface area contributed by atoms with E-state index in [1.165, 1.54) is 30.3 Å². The van der Waals surface area contributed by atoms with Crippen LogP contribution in [0.2, 0.25) is 0 Å². The molecule has 124 valence electrons. The van der Waals surface area contributed by atoms with Gasteiger partial charge in [-0.15, -0.1) is 0 Å². The van der Waals surface area contributed by atoms with Crippen LogP contribution >= 0.6 is 0 Å². The van der Waals surface area contributed by atoms with Crippen molar-refractivity contribution in [1.82, 2.24) is 9.62 Å². The highest BCUT2D eigenvalue weighted by Crippen LogP contribution is 2.19. The smallest absolute Gasteiger partial charge is 0.240 e. The van der Waals surface area contributed by atoms with Crippen LogP contribution in [0.1, 0.15) is 11.6 Å². The quantitative estimate of drug-likeness (QED) is 0.879. The van der Waals surface area contributed by atoms with Gasteiger partial charge in [-0.3, -0.25) is 0 Å². The molecule has 0 unspecified atom stereocenters. The summed E-state index contributed by atoms with van der Waals surface area (Å²) >= 11 is 0. The third kappa shape index (κ3) is 4.57. The lowest BCUT2D eigenvalue weighted by atomic mass is 10.1. The van der Waals surface area contributed by atoms with Gasteiger partial charge in [-0.2, -0.15) is 0 Å². The first-order valence-electron chi connectivity index (χ1n) is 6.97. The zero-order valence-corrected chi connectivity index (χ0v) is 13.6. The molecule has 0 saturated heterocycles. The molecule has 7 heteroatoms. The van der Waals surface area contributed by atoms with Gasteiger partial charge in [0.2, 0.25) is 10.0 Å². The standard InChI is InChI=1S/C16H18F2N2O2S/c1-20(2)16(12-5-3-6-13(17)9-12)11-19-23(21,22)15-8-4-7-14(18)10-15/h3-10,16,19H,11H2,1-2H3/t16-/m1/s1. The number of hydrogen-bond donors (Lipinski definition) is 1. The fraction of sp³-hybridized carbons (Fsp3) is 0.250. The molecule has 0 bridgehead atoms. The molecule has 0 aliphatic carbocycles. The molecule has 0 radical (unpaired) electrons. The van der Waals surface area contributed by atoms with Crippen molar-refractivity contribution in [3.63, 3.8) is 0 Å². The van der Waals surface area contributed by atoms with Crippen molar-refractivity contribution in [3.8, 4) is 0 Å². The van der Waals surface area contributed by atoms with Crippen molar-refractivity contribution in [3.05, 3.63) is 65.7 Å². The van der Waals surface area contributed by atoms with E-state index in [-0.39, 0.29) is 23.3 Å². The highest BCUT2D eigenvalue weighted by atomic mass is 32.2. The Hall–Kier alpha value is -1.83. The molecule has 0 aliphatic heterocycles. The van der Waals surface area contributed by atoms with Crippen molar-refractivity contribution in [2.24, 2.45) is 0 Å². The molecule has 0 saturated carbocycles. The molecule has 2 aromatic carbocycles. The van der Waals surface area contributed by atoms with Gasteiger partial charge >= 0.3 is 0 Å². The number of likely N-dealkylation sites (N-methyl/N-ethyl adjacent to an activating group) is 1. The number of hydrogen-bond acceptors (Lipinski definition) is 3. The van der Waals surface area contributed by atoms with E-state index in [0.29, 0.717) is 5.56 Å². The number of nitrogens with one attached hydrogen (secondary N) is 1. The largest absolute Gasteiger partial charge is 0.301 e. The topological polar surface area (TPSA) is 49.4 Å². The minimum Gasteiger partial charge on any atom is -0.301 e. The lowest BCUT2D eigenvalue weighted by Gasteiger charge is -2.25. The third-order valence-electron chi connectivity index (χ3n) is 3.43. The summed E-state index contributed by atoms with van der Waals surface area (Å²) in [6.45, 7) is 0.0370. The molecule has 23 heavy (non-hydrogen) atoms. The number of nitrogens with zero attached hydrogens (tertiary/aromatic N) is 1. The van der Waals surface area contributed by atoms with Crippen molar-refractivity contribution in [2.75, 3.05) is 20.6 Å². The minimum atomic E-state index is -3.84. The van der Waals surface area contributed by atoms with Crippen LogP contribution in [0.25, 0.3) is 0 Å². The summed E-state index contributed by atoms with van der Waals surface area (Å²) in [5.74, 6) is -1.01. The molecule has 0 aliphatic rings. The van der Waals surface area contributed by atoms with E-state index in [9.17, 15) is 17.2 Å². The minimum absolute atomic E-state index is 0.0370. The molecule has 1 atom stereocenters. The van der Waals surface area contributed by atoms with Gasteiger partial charge < -0.3 is 4.90 Å². The Morgan fingerprint density at radius 1 is 1.04 bits per heavy atom. The Labute approximate surface area is 134 Å². The molecule has 2 aromatic rings. The third-order valence-corrected chi connectivity index (χ3v) is 4.85. The van der Waals surface area contributed by atoms with E-state index >= 15 is 0 Å². The van der Waals surface area contributed by atoms with E-state index in [1.54, 1.807) is 31.1 Å². The van der Waals surface area contributed by atoms with Crippen LogP contribution in [-0.2, 0) is 10.0 Å². The maximum absolute atomic E-state index is 13.4. The van der Waals surface area contributed by atoms with Gasteiger partial charge in [-0.25, -0.2) is 21.9 Å². The molecule has 0 fully saturated rings. The van der Waals surface area contributed by atoms with Crippen molar-refractivity contribution in [2.45, 2.75) is 10.9 Å². The van der Waals surface area contributed by atoms with Gasteiger partial charge in [-0.1, -0.05) is 18.2 Å². The normalized spacial score (nSPS) is 13.3. The summed E-state index contributed by atoms with van der Waals surface area (Å²) < 4.78 is 53.5. The Balaban J connectivity index is 2.19. The second-order valence-electron chi connectivity index (χ2n) is 5.34. The molecule has 1 N–H and O–H groups in total. The van der Waals surface area contributed by atoms with Gasteiger partial charge in [0.1, 0.15) is 11.6 Å². The second-order valence-corrected chi connectivity index (χ2v) is 7.11. The average molecular weight is 340 g/mol. The fourth-order valence-corrected chi connectivity index (χ4v) is 3.29. The van der Waals surface area contributed by atoms with Crippen molar-refractivity contribution < 1.29 is 17.2 Å². The van der Waals surface area contributed by atoms with Gasteiger partial charge in [0.15, 0.2) is 0 Å². The molecular weight excluding hydrogens is 322 g/mol. The molecule has 0 heterocycles. The summed E-state index contributed by atoms with van der Waals surface area (Å²) in [6, 6.07) is 10.4. The SMILES string of the molecule is CN(C)[C@H](CNS(=O)(=O)c1cccc(F)c1)c1cccc(F)c1. The van der Waals surface area contributed by atoms with Crippen LogP contribution < -0.4 is 4.72 Å². The van der Waals surface area contributed by atoms with Crippen LogP contribution in [0.4, 0.5) is 8.78 Å². The van der Waals surface area contributed by atoms with Gasteiger partial charge in [0, 0.05) is 12.6 Å². The Kier molecular flexibility index (Phi) is 5.46. The van der Waals surface area contributed by atoms with Crippen LogP contribution in [-0.4, -0.2) is 34.0 Å². The number of rotatable bonds is 6. The lowest BCUT2D eigenvalue weighted by molar-refractivity contribution is 0.299. The van der Waals surface area contributed by atoms with E-state index in [4.69, 9.17) is 0 Å². The maximum atomic E-state index is 13.4. The predicted molar refractivity (Wildman–Crippen MR) is 84.4 cm³/mol. The van der Waals surface area contributed by atoms with Gasteiger partial charge in [0.25, 0.3) is 0 Å². The Bertz CT molecular complexity index is 779. The monoisotopic (exact) mass is 340 g/mol. The van der Waals surface area contributed by atoms with Crippen LogP contribution in [0.3, 0.4) is 0 Å². The lowest BCUT2D eigenvalue weighted by Crippen LogP contribution is -2.34. The summed E-state index contributed by atoms with van der Waals surface area (Å²) in [4.78, 5) is 1.64. The molecule has 2 rings (SSSR count). The molecular formula is C16H18F2N2O2S. The highest BCUT2D eigenvalue weighted by molar-refractivity contribution is 7.89. The van der Waals surface area contributed by atoms with Gasteiger partial charge in [0.05, 0.1) is 4.90 Å². The summed E-state index contributed by atoms with van der Waals surface area (Å²) in [5.41, 5.74) is 0.650. The molecule has 0 aromatic heterocycles. The maximum Gasteiger partial charge on any atom is 0.240 e. The first-order chi connectivity index (χ1) is 10.8. The second kappa shape index (κ2) is 7.16. The van der Waals surface area contributed by atoms with E-state index in [0.717, 1.165) is 6.07 Å². The number of halogens is 2. The van der Waals surface area contributed by atoms with E-state index in [2.05, 4.69) is 4.72 Å². The zero-order chi connectivity index (χ0) is 17.0.